The lowest BCUT2D eigenvalue weighted by Crippen LogP contribution is -2.50. The quantitative estimate of drug-likeness (QED) is 0.671. The predicted molar refractivity (Wildman–Crippen MR) is 78.5 cm³/mol. The Hall–Kier alpha value is -0.710. The lowest BCUT2D eigenvalue weighted by molar-refractivity contribution is 0.0170. The second-order valence-corrected chi connectivity index (χ2v) is 7.02. The van der Waals surface area contributed by atoms with E-state index in [0.29, 0.717) is 15.5 Å². The lowest BCUT2D eigenvalue weighted by Gasteiger charge is -2.55. The molecule has 0 unspecified atom stereocenters. The first kappa shape index (κ1) is 13.3. The maximum Gasteiger partial charge on any atom is 0.0861 e. The molecule has 0 amide bonds. The van der Waals surface area contributed by atoms with E-state index in [2.05, 4.69) is 6.07 Å². The van der Waals surface area contributed by atoms with Gasteiger partial charge in [0.15, 0.2) is 0 Å². The molecule has 3 heteroatoms. The summed E-state index contributed by atoms with van der Waals surface area (Å²) < 4.78 is 0. The second kappa shape index (κ2) is 4.69. The van der Waals surface area contributed by atoms with Gasteiger partial charge in [-0.05, 0) is 43.2 Å². The van der Waals surface area contributed by atoms with Crippen molar-refractivity contribution < 1.29 is 0 Å². The molecule has 0 bridgehead atoms. The van der Waals surface area contributed by atoms with E-state index >= 15 is 0 Å². The first-order valence-electron chi connectivity index (χ1n) is 6.97. The van der Waals surface area contributed by atoms with E-state index < -0.39 is 5.41 Å². The van der Waals surface area contributed by atoms with Gasteiger partial charge in [-0.3, -0.25) is 0 Å². The molecular formula is C16H17Cl2N. The molecule has 2 fully saturated rings. The maximum atomic E-state index is 9.69. The zero-order chi connectivity index (χ0) is 13.5. The molecule has 1 nitrogen and oxygen atoms in total. The highest BCUT2D eigenvalue weighted by Crippen LogP contribution is 2.63. The number of hydrogen-bond donors (Lipinski definition) is 0. The minimum absolute atomic E-state index is 0.385. The van der Waals surface area contributed by atoms with Gasteiger partial charge in [0, 0.05) is 15.6 Å². The van der Waals surface area contributed by atoms with Crippen LogP contribution in [0.25, 0.3) is 0 Å². The van der Waals surface area contributed by atoms with Crippen molar-refractivity contribution in [3.05, 3.63) is 33.8 Å². The average molecular weight is 294 g/mol. The van der Waals surface area contributed by atoms with Crippen molar-refractivity contribution in [3.63, 3.8) is 0 Å². The topological polar surface area (TPSA) is 23.8 Å². The molecule has 0 aromatic heterocycles. The van der Waals surface area contributed by atoms with Gasteiger partial charge in [0.2, 0.25) is 0 Å². The van der Waals surface area contributed by atoms with Crippen LogP contribution in [-0.2, 0) is 5.41 Å². The average Bonchev–Trinajstić information content (AvgIpc) is 2.37. The summed E-state index contributed by atoms with van der Waals surface area (Å²) in [5.74, 6) is 0. The molecule has 19 heavy (non-hydrogen) atoms. The van der Waals surface area contributed by atoms with Crippen molar-refractivity contribution in [2.24, 2.45) is 5.41 Å². The van der Waals surface area contributed by atoms with Crippen molar-refractivity contribution >= 4 is 23.2 Å². The fourth-order valence-corrected chi connectivity index (χ4v) is 4.91. The predicted octanol–water partition coefficient (Wildman–Crippen LogP) is 5.50. The summed E-state index contributed by atoms with van der Waals surface area (Å²) in [5.41, 5.74) is 0.792. The third kappa shape index (κ3) is 2.06. The van der Waals surface area contributed by atoms with Crippen LogP contribution in [0, 0.1) is 16.7 Å². The molecule has 2 aliphatic carbocycles. The highest BCUT2D eigenvalue weighted by atomic mass is 35.5. The summed E-state index contributed by atoms with van der Waals surface area (Å²) >= 11 is 12.6. The zero-order valence-corrected chi connectivity index (χ0v) is 12.4. The van der Waals surface area contributed by atoms with Gasteiger partial charge in [0.25, 0.3) is 0 Å². The van der Waals surface area contributed by atoms with Crippen LogP contribution in [0.4, 0.5) is 0 Å². The molecule has 0 atom stereocenters. The van der Waals surface area contributed by atoms with Gasteiger partial charge in [-0.2, -0.15) is 5.26 Å². The summed E-state index contributed by atoms with van der Waals surface area (Å²) in [6, 6.07) is 8.04. The van der Waals surface area contributed by atoms with Crippen molar-refractivity contribution in [3.8, 4) is 6.07 Å². The van der Waals surface area contributed by atoms with E-state index in [4.69, 9.17) is 23.2 Å². The molecule has 0 saturated heterocycles. The Morgan fingerprint density at radius 2 is 1.58 bits per heavy atom. The standard InChI is InChI=1S/C16H17Cl2N/c17-12-5-4-6-13(18)14(12)16(11-19)9-15(10-16)7-2-1-3-8-15/h4-6H,1-3,7-10H2. The largest absolute Gasteiger partial charge is 0.197 e. The Morgan fingerprint density at radius 3 is 2.11 bits per heavy atom. The fraction of sp³-hybridized carbons (Fsp3) is 0.562. The summed E-state index contributed by atoms with van der Waals surface area (Å²) in [5, 5.41) is 11.0. The maximum absolute atomic E-state index is 9.69. The van der Waals surface area contributed by atoms with Crippen LogP contribution in [0.3, 0.4) is 0 Å². The number of nitriles is 1. The van der Waals surface area contributed by atoms with Crippen molar-refractivity contribution in [1.82, 2.24) is 0 Å². The fourth-order valence-electron chi connectivity index (χ4n) is 4.15. The molecule has 0 radical (unpaired) electrons. The molecule has 0 heterocycles. The van der Waals surface area contributed by atoms with Crippen LogP contribution >= 0.6 is 23.2 Å². The number of halogens is 2. The Morgan fingerprint density at radius 1 is 1.00 bits per heavy atom. The normalized spacial score (nSPS) is 23.6. The van der Waals surface area contributed by atoms with Gasteiger partial charge >= 0.3 is 0 Å². The lowest BCUT2D eigenvalue weighted by atomic mass is 9.47. The molecule has 2 saturated carbocycles. The summed E-state index contributed by atoms with van der Waals surface area (Å²) in [6.07, 6.45) is 8.33. The van der Waals surface area contributed by atoms with E-state index in [1.54, 1.807) is 0 Å². The number of hydrogen-bond acceptors (Lipinski definition) is 1. The SMILES string of the molecule is N#CC1(c2c(Cl)cccc2Cl)CC2(CCCCC2)C1. The third-order valence-corrected chi connectivity index (χ3v) is 5.55. The number of benzene rings is 1. The van der Waals surface area contributed by atoms with Crippen LogP contribution in [-0.4, -0.2) is 0 Å². The van der Waals surface area contributed by atoms with Crippen molar-refractivity contribution in [2.75, 3.05) is 0 Å². The third-order valence-electron chi connectivity index (χ3n) is 4.92. The monoisotopic (exact) mass is 293 g/mol. The van der Waals surface area contributed by atoms with Gasteiger partial charge in [-0.15, -0.1) is 0 Å². The van der Waals surface area contributed by atoms with Crippen LogP contribution in [0.15, 0.2) is 18.2 Å². The van der Waals surface area contributed by atoms with Crippen LogP contribution < -0.4 is 0 Å². The van der Waals surface area contributed by atoms with Crippen LogP contribution in [0.2, 0.25) is 10.0 Å². The molecular weight excluding hydrogens is 277 g/mol. The van der Waals surface area contributed by atoms with E-state index in [1.807, 2.05) is 18.2 Å². The van der Waals surface area contributed by atoms with Crippen molar-refractivity contribution in [1.29, 1.82) is 5.26 Å². The molecule has 0 aliphatic heterocycles. The Bertz CT molecular complexity index is 510. The smallest absolute Gasteiger partial charge is 0.0861 e. The van der Waals surface area contributed by atoms with E-state index in [1.165, 1.54) is 32.1 Å². The molecule has 1 spiro atoms. The molecule has 1 aromatic carbocycles. The molecule has 1 aromatic rings. The summed E-state index contributed by atoms with van der Waals surface area (Å²) in [7, 11) is 0. The second-order valence-electron chi connectivity index (χ2n) is 6.20. The Labute approximate surface area is 124 Å². The first-order chi connectivity index (χ1) is 9.11. The van der Waals surface area contributed by atoms with Gasteiger partial charge in [0.1, 0.15) is 0 Å². The minimum atomic E-state index is -0.452. The zero-order valence-electron chi connectivity index (χ0n) is 10.9. The summed E-state index contributed by atoms with van der Waals surface area (Å²) in [6.45, 7) is 0. The highest BCUT2D eigenvalue weighted by molar-refractivity contribution is 6.36. The molecule has 0 N–H and O–H groups in total. The van der Waals surface area contributed by atoms with E-state index in [0.717, 1.165) is 18.4 Å². The van der Waals surface area contributed by atoms with Gasteiger partial charge in [-0.1, -0.05) is 48.5 Å². The van der Waals surface area contributed by atoms with Crippen LogP contribution in [0.1, 0.15) is 50.5 Å². The van der Waals surface area contributed by atoms with Crippen LogP contribution in [0.5, 0.6) is 0 Å². The van der Waals surface area contributed by atoms with Gasteiger partial charge < -0.3 is 0 Å². The summed E-state index contributed by atoms with van der Waals surface area (Å²) in [4.78, 5) is 0. The number of rotatable bonds is 1. The Balaban J connectivity index is 1.93. The van der Waals surface area contributed by atoms with E-state index in [-0.39, 0.29) is 0 Å². The highest BCUT2D eigenvalue weighted by Gasteiger charge is 2.56. The molecule has 3 rings (SSSR count). The van der Waals surface area contributed by atoms with Gasteiger partial charge in [0.05, 0.1) is 11.5 Å². The first-order valence-corrected chi connectivity index (χ1v) is 7.72. The van der Waals surface area contributed by atoms with Gasteiger partial charge in [-0.25, -0.2) is 0 Å². The molecule has 2 aliphatic rings. The minimum Gasteiger partial charge on any atom is -0.197 e. The molecule has 100 valence electrons. The number of nitrogens with zero attached hydrogens (tertiary/aromatic N) is 1. The Kier molecular flexibility index (Phi) is 3.28. The van der Waals surface area contributed by atoms with E-state index in [9.17, 15) is 5.26 Å². The van der Waals surface area contributed by atoms with Crippen molar-refractivity contribution in [2.45, 2.75) is 50.4 Å².